The standard InChI is InChI=1S/C16H26FN3S/c1-12(2)11-20(9-8-19(4)5)16(21)18-14-7-6-13(3)15(17)10-14/h6-7,10,12H,8-9,11H2,1-5H3,(H,18,21). The number of anilines is 1. The van der Waals surface area contributed by atoms with Gasteiger partial charge in [-0.2, -0.15) is 0 Å². The third kappa shape index (κ3) is 6.40. The van der Waals surface area contributed by atoms with Gasteiger partial charge in [-0.05, 0) is 56.9 Å². The number of likely N-dealkylation sites (N-methyl/N-ethyl adjacent to an activating group) is 1. The van der Waals surface area contributed by atoms with Gasteiger partial charge in [-0.25, -0.2) is 4.39 Å². The van der Waals surface area contributed by atoms with Gasteiger partial charge in [0.2, 0.25) is 0 Å². The van der Waals surface area contributed by atoms with Gasteiger partial charge in [0.15, 0.2) is 5.11 Å². The summed E-state index contributed by atoms with van der Waals surface area (Å²) in [4.78, 5) is 4.26. The van der Waals surface area contributed by atoms with E-state index in [0.29, 0.717) is 22.3 Å². The Kier molecular flexibility index (Phi) is 7.05. The SMILES string of the molecule is Cc1ccc(NC(=S)N(CCN(C)C)CC(C)C)cc1F. The van der Waals surface area contributed by atoms with Crippen molar-refractivity contribution in [1.29, 1.82) is 0 Å². The molecule has 0 heterocycles. The molecule has 0 aliphatic rings. The number of nitrogens with zero attached hydrogens (tertiary/aromatic N) is 2. The van der Waals surface area contributed by atoms with Gasteiger partial charge < -0.3 is 15.1 Å². The van der Waals surface area contributed by atoms with Crippen LogP contribution in [0.3, 0.4) is 0 Å². The summed E-state index contributed by atoms with van der Waals surface area (Å²) in [5.41, 5.74) is 1.33. The van der Waals surface area contributed by atoms with Crippen molar-refractivity contribution in [3.63, 3.8) is 0 Å². The lowest BCUT2D eigenvalue weighted by Crippen LogP contribution is -2.41. The Morgan fingerprint density at radius 2 is 1.95 bits per heavy atom. The summed E-state index contributed by atoms with van der Waals surface area (Å²) < 4.78 is 13.6. The van der Waals surface area contributed by atoms with Gasteiger partial charge in [-0.15, -0.1) is 0 Å². The zero-order chi connectivity index (χ0) is 16.0. The van der Waals surface area contributed by atoms with Gasteiger partial charge in [0.1, 0.15) is 5.82 Å². The first-order valence-electron chi connectivity index (χ1n) is 7.26. The van der Waals surface area contributed by atoms with E-state index in [1.807, 2.05) is 20.2 Å². The number of hydrogen-bond acceptors (Lipinski definition) is 2. The molecule has 0 unspecified atom stereocenters. The molecular formula is C16H26FN3S. The fourth-order valence-electron chi connectivity index (χ4n) is 1.91. The maximum Gasteiger partial charge on any atom is 0.173 e. The smallest absolute Gasteiger partial charge is 0.173 e. The minimum Gasteiger partial charge on any atom is -0.347 e. The topological polar surface area (TPSA) is 18.5 Å². The fourth-order valence-corrected chi connectivity index (χ4v) is 2.19. The van der Waals surface area contributed by atoms with Crippen LogP contribution in [0.2, 0.25) is 0 Å². The average Bonchev–Trinajstić information content (AvgIpc) is 2.38. The zero-order valence-corrected chi connectivity index (χ0v) is 14.4. The first-order valence-corrected chi connectivity index (χ1v) is 7.67. The predicted molar refractivity (Wildman–Crippen MR) is 92.3 cm³/mol. The van der Waals surface area contributed by atoms with E-state index in [1.165, 1.54) is 6.07 Å². The molecule has 0 bridgehead atoms. The van der Waals surface area contributed by atoms with Crippen LogP contribution in [0.5, 0.6) is 0 Å². The first-order chi connectivity index (χ1) is 9.79. The molecule has 0 saturated heterocycles. The van der Waals surface area contributed by atoms with Crippen LogP contribution in [0, 0.1) is 18.7 Å². The van der Waals surface area contributed by atoms with E-state index in [0.717, 1.165) is 19.6 Å². The third-order valence-corrected chi connectivity index (χ3v) is 3.47. The molecule has 1 rings (SSSR count). The van der Waals surface area contributed by atoms with E-state index in [9.17, 15) is 4.39 Å². The maximum absolute atomic E-state index is 13.6. The van der Waals surface area contributed by atoms with Crippen molar-refractivity contribution in [2.45, 2.75) is 20.8 Å². The summed E-state index contributed by atoms with van der Waals surface area (Å²) in [6.07, 6.45) is 0. The summed E-state index contributed by atoms with van der Waals surface area (Å²) in [5, 5.41) is 3.79. The van der Waals surface area contributed by atoms with E-state index in [2.05, 4.69) is 29.0 Å². The molecule has 1 aromatic rings. The lowest BCUT2D eigenvalue weighted by molar-refractivity contribution is 0.310. The summed E-state index contributed by atoms with van der Waals surface area (Å²) in [6, 6.07) is 5.10. The van der Waals surface area contributed by atoms with Crippen LogP contribution in [-0.4, -0.2) is 48.6 Å². The molecular weight excluding hydrogens is 285 g/mol. The molecule has 1 aromatic carbocycles. The molecule has 0 fully saturated rings. The highest BCUT2D eigenvalue weighted by Gasteiger charge is 2.12. The highest BCUT2D eigenvalue weighted by atomic mass is 32.1. The van der Waals surface area contributed by atoms with Gasteiger partial charge in [-0.1, -0.05) is 19.9 Å². The van der Waals surface area contributed by atoms with Crippen molar-refractivity contribution >= 4 is 23.0 Å². The second kappa shape index (κ2) is 8.29. The van der Waals surface area contributed by atoms with Crippen LogP contribution in [0.25, 0.3) is 0 Å². The molecule has 5 heteroatoms. The normalized spacial score (nSPS) is 11.0. The number of thiocarbonyl (C=S) groups is 1. The van der Waals surface area contributed by atoms with Gasteiger partial charge in [0.05, 0.1) is 0 Å². The highest BCUT2D eigenvalue weighted by Crippen LogP contribution is 2.14. The van der Waals surface area contributed by atoms with Crippen LogP contribution in [0.1, 0.15) is 19.4 Å². The van der Waals surface area contributed by atoms with Gasteiger partial charge in [-0.3, -0.25) is 0 Å². The zero-order valence-electron chi connectivity index (χ0n) is 13.6. The Bertz CT molecular complexity index is 475. The van der Waals surface area contributed by atoms with Crippen molar-refractivity contribution in [2.75, 3.05) is 39.0 Å². The Balaban J connectivity index is 2.72. The van der Waals surface area contributed by atoms with E-state index < -0.39 is 0 Å². The van der Waals surface area contributed by atoms with Crippen LogP contribution >= 0.6 is 12.2 Å². The van der Waals surface area contributed by atoms with Gasteiger partial charge in [0.25, 0.3) is 0 Å². The van der Waals surface area contributed by atoms with E-state index in [4.69, 9.17) is 12.2 Å². The Morgan fingerprint density at radius 3 is 2.48 bits per heavy atom. The lowest BCUT2D eigenvalue weighted by atomic mass is 10.2. The Hall–Kier alpha value is -1.20. The average molecular weight is 311 g/mol. The quantitative estimate of drug-likeness (QED) is 0.812. The van der Waals surface area contributed by atoms with Crippen LogP contribution in [0.15, 0.2) is 18.2 Å². The van der Waals surface area contributed by atoms with Crippen molar-refractivity contribution in [3.05, 3.63) is 29.6 Å². The van der Waals surface area contributed by atoms with Crippen molar-refractivity contribution in [2.24, 2.45) is 5.92 Å². The molecule has 0 saturated carbocycles. The van der Waals surface area contributed by atoms with Gasteiger partial charge in [0, 0.05) is 25.3 Å². The number of halogens is 1. The Morgan fingerprint density at radius 1 is 1.29 bits per heavy atom. The third-order valence-electron chi connectivity index (χ3n) is 3.11. The summed E-state index contributed by atoms with van der Waals surface area (Å²) in [6.45, 7) is 8.74. The number of nitrogens with one attached hydrogen (secondary N) is 1. The number of hydrogen-bond donors (Lipinski definition) is 1. The van der Waals surface area contributed by atoms with Crippen LogP contribution < -0.4 is 5.32 Å². The molecule has 118 valence electrons. The second-order valence-electron chi connectivity index (χ2n) is 6.04. The first kappa shape index (κ1) is 17.9. The molecule has 0 radical (unpaired) electrons. The monoisotopic (exact) mass is 311 g/mol. The largest absolute Gasteiger partial charge is 0.347 e. The van der Waals surface area contributed by atoms with Crippen molar-refractivity contribution < 1.29 is 4.39 Å². The lowest BCUT2D eigenvalue weighted by Gasteiger charge is -2.28. The minimum atomic E-state index is -0.216. The molecule has 1 N–H and O–H groups in total. The second-order valence-corrected chi connectivity index (χ2v) is 6.42. The van der Waals surface area contributed by atoms with E-state index >= 15 is 0 Å². The van der Waals surface area contributed by atoms with Gasteiger partial charge >= 0.3 is 0 Å². The Labute approximate surface area is 133 Å². The molecule has 0 amide bonds. The molecule has 0 spiro atoms. The minimum absolute atomic E-state index is 0.216. The summed E-state index contributed by atoms with van der Waals surface area (Å²) in [7, 11) is 4.08. The number of benzene rings is 1. The van der Waals surface area contributed by atoms with Crippen molar-refractivity contribution in [3.8, 4) is 0 Å². The molecule has 0 aromatic heterocycles. The molecule has 0 aliphatic carbocycles. The predicted octanol–water partition coefficient (Wildman–Crippen LogP) is 3.35. The fraction of sp³-hybridized carbons (Fsp3) is 0.562. The molecule has 0 aliphatic heterocycles. The summed E-state index contributed by atoms with van der Waals surface area (Å²) >= 11 is 5.48. The van der Waals surface area contributed by atoms with Crippen LogP contribution in [0.4, 0.5) is 10.1 Å². The molecule has 3 nitrogen and oxygen atoms in total. The van der Waals surface area contributed by atoms with Crippen LogP contribution in [-0.2, 0) is 0 Å². The number of rotatable bonds is 6. The maximum atomic E-state index is 13.6. The molecule has 0 atom stereocenters. The van der Waals surface area contributed by atoms with E-state index in [1.54, 1.807) is 13.0 Å². The highest BCUT2D eigenvalue weighted by molar-refractivity contribution is 7.80. The number of aryl methyl sites for hydroxylation is 1. The molecule has 21 heavy (non-hydrogen) atoms. The van der Waals surface area contributed by atoms with Crippen molar-refractivity contribution in [1.82, 2.24) is 9.80 Å². The van der Waals surface area contributed by atoms with E-state index in [-0.39, 0.29) is 5.82 Å². The summed E-state index contributed by atoms with van der Waals surface area (Å²) in [5.74, 6) is 0.299.